The normalized spacial score (nSPS) is 15.3. The zero-order valence-electron chi connectivity index (χ0n) is 16.6. The summed E-state index contributed by atoms with van der Waals surface area (Å²) in [5, 5.41) is 5.82. The summed E-state index contributed by atoms with van der Waals surface area (Å²) in [6, 6.07) is 7.53. The van der Waals surface area contributed by atoms with Crippen molar-refractivity contribution in [2.45, 2.75) is 44.7 Å². The lowest BCUT2D eigenvalue weighted by Crippen LogP contribution is -2.31. The Morgan fingerprint density at radius 1 is 1.14 bits per heavy atom. The number of methoxy groups -OCH3 is 1. The molecule has 2 amide bonds. The Bertz CT molecular complexity index is 887. The van der Waals surface area contributed by atoms with Gasteiger partial charge in [0.15, 0.2) is 5.82 Å². The van der Waals surface area contributed by atoms with Gasteiger partial charge in [0.05, 0.1) is 19.3 Å². The first-order valence-electron chi connectivity index (χ1n) is 10.1. The van der Waals surface area contributed by atoms with Gasteiger partial charge >= 0.3 is 0 Å². The maximum atomic E-state index is 12.7. The molecule has 1 aliphatic heterocycles. The number of fused-ring (bicyclic) bond motifs is 1. The summed E-state index contributed by atoms with van der Waals surface area (Å²) < 4.78 is 12.6. The summed E-state index contributed by atoms with van der Waals surface area (Å²) in [5.41, 5.74) is 1.27. The van der Waals surface area contributed by atoms with Crippen LogP contribution < -0.4 is 20.1 Å². The van der Waals surface area contributed by atoms with E-state index in [-0.39, 0.29) is 17.9 Å². The molecule has 0 atom stereocenters. The maximum absolute atomic E-state index is 12.7. The monoisotopic (exact) mass is 398 g/mol. The molecule has 1 fully saturated rings. The molecule has 2 N–H and O–H groups in total. The van der Waals surface area contributed by atoms with Gasteiger partial charge in [-0.2, -0.15) is 0 Å². The third-order valence-electron chi connectivity index (χ3n) is 5.16. The Morgan fingerprint density at radius 3 is 2.62 bits per heavy atom. The van der Waals surface area contributed by atoms with Gasteiger partial charge in [-0.1, -0.05) is 0 Å². The number of nitrogens with zero attached hydrogens (tertiary/aromatic N) is 2. The quantitative estimate of drug-likeness (QED) is 0.663. The second-order valence-electron chi connectivity index (χ2n) is 7.37. The lowest BCUT2D eigenvalue weighted by molar-refractivity contribution is 0.0931. The number of benzene rings is 1. The van der Waals surface area contributed by atoms with E-state index in [0.717, 1.165) is 43.5 Å². The predicted octanol–water partition coefficient (Wildman–Crippen LogP) is 1.93. The average molecular weight is 398 g/mol. The van der Waals surface area contributed by atoms with Crippen molar-refractivity contribution in [1.82, 2.24) is 20.2 Å². The van der Waals surface area contributed by atoms with Crippen molar-refractivity contribution in [1.29, 1.82) is 0 Å². The molecule has 0 unspecified atom stereocenters. The van der Waals surface area contributed by atoms with Crippen LogP contribution in [0.2, 0.25) is 0 Å². The molecule has 0 radical (unpaired) electrons. The zero-order valence-corrected chi connectivity index (χ0v) is 16.6. The molecule has 4 rings (SSSR count). The van der Waals surface area contributed by atoms with Crippen molar-refractivity contribution in [2.75, 3.05) is 20.3 Å². The summed E-state index contributed by atoms with van der Waals surface area (Å²) in [4.78, 5) is 29.6. The van der Waals surface area contributed by atoms with E-state index in [2.05, 4.69) is 15.6 Å². The van der Waals surface area contributed by atoms with Crippen LogP contribution >= 0.6 is 0 Å². The van der Waals surface area contributed by atoms with E-state index < -0.39 is 0 Å². The van der Waals surface area contributed by atoms with Gasteiger partial charge < -0.3 is 24.7 Å². The number of imidazole rings is 1. The van der Waals surface area contributed by atoms with E-state index in [1.165, 1.54) is 0 Å². The standard InChI is InChI=1S/C21H26N4O4/c1-28-15-7-9-16(10-8-15)29-13-11-22-21(27)19-24-18(20(26)23-14-5-6-14)17-4-2-3-12-25(17)19/h7-10,14H,2-6,11-13H2,1H3,(H,22,27)(H,23,26). The summed E-state index contributed by atoms with van der Waals surface area (Å²) >= 11 is 0. The van der Waals surface area contributed by atoms with Crippen LogP contribution in [0.4, 0.5) is 0 Å². The predicted molar refractivity (Wildman–Crippen MR) is 106 cm³/mol. The molecule has 1 saturated carbocycles. The van der Waals surface area contributed by atoms with Crippen LogP contribution in [0.5, 0.6) is 11.5 Å². The summed E-state index contributed by atoms with van der Waals surface area (Å²) in [5.74, 6) is 1.33. The molecule has 1 aromatic carbocycles. The Kier molecular flexibility index (Phi) is 5.69. The lowest BCUT2D eigenvalue weighted by atomic mass is 10.1. The molecule has 1 aromatic heterocycles. The number of carbonyl (C=O) groups excluding carboxylic acids is 2. The van der Waals surface area contributed by atoms with Gasteiger partial charge in [-0.25, -0.2) is 4.98 Å². The largest absolute Gasteiger partial charge is 0.497 e. The first-order valence-corrected chi connectivity index (χ1v) is 10.1. The number of ether oxygens (including phenoxy) is 2. The Morgan fingerprint density at radius 2 is 1.90 bits per heavy atom. The van der Waals surface area contributed by atoms with Crippen LogP contribution in [0, 0.1) is 0 Å². The molecule has 154 valence electrons. The fraction of sp³-hybridized carbons (Fsp3) is 0.476. The van der Waals surface area contributed by atoms with Crippen LogP contribution in [0.25, 0.3) is 0 Å². The maximum Gasteiger partial charge on any atom is 0.287 e. The molecule has 0 saturated heterocycles. The van der Waals surface area contributed by atoms with E-state index in [0.29, 0.717) is 37.0 Å². The van der Waals surface area contributed by atoms with E-state index in [4.69, 9.17) is 9.47 Å². The fourth-order valence-electron chi connectivity index (χ4n) is 3.46. The lowest BCUT2D eigenvalue weighted by Gasteiger charge is -2.17. The molecule has 2 aromatic rings. The van der Waals surface area contributed by atoms with Gasteiger partial charge in [-0.15, -0.1) is 0 Å². The number of amides is 2. The number of hydrogen-bond acceptors (Lipinski definition) is 5. The minimum Gasteiger partial charge on any atom is -0.497 e. The second kappa shape index (κ2) is 8.55. The van der Waals surface area contributed by atoms with Crippen molar-refractivity contribution in [3.8, 4) is 11.5 Å². The number of hydrogen-bond donors (Lipinski definition) is 2. The number of rotatable bonds is 8. The van der Waals surface area contributed by atoms with Crippen LogP contribution in [0.1, 0.15) is 52.5 Å². The number of nitrogens with one attached hydrogen (secondary N) is 2. The van der Waals surface area contributed by atoms with Gasteiger partial charge in [0, 0.05) is 12.6 Å². The summed E-state index contributed by atoms with van der Waals surface area (Å²) in [6.45, 7) is 1.39. The SMILES string of the molecule is COc1ccc(OCCNC(=O)c2nc(C(=O)NC3CC3)c3n2CCCC3)cc1. The molecule has 8 nitrogen and oxygen atoms in total. The van der Waals surface area contributed by atoms with Gasteiger partial charge in [0.1, 0.15) is 23.8 Å². The molecule has 1 aliphatic carbocycles. The smallest absolute Gasteiger partial charge is 0.287 e. The van der Waals surface area contributed by atoms with Crippen molar-refractivity contribution in [2.24, 2.45) is 0 Å². The second-order valence-corrected chi connectivity index (χ2v) is 7.37. The molecular weight excluding hydrogens is 372 g/mol. The number of aromatic nitrogens is 2. The van der Waals surface area contributed by atoms with Crippen molar-refractivity contribution in [3.05, 3.63) is 41.5 Å². The van der Waals surface area contributed by atoms with Crippen molar-refractivity contribution < 1.29 is 19.1 Å². The Labute approximate surface area is 169 Å². The van der Waals surface area contributed by atoms with Crippen molar-refractivity contribution in [3.63, 3.8) is 0 Å². The van der Waals surface area contributed by atoms with Crippen molar-refractivity contribution >= 4 is 11.8 Å². The third-order valence-corrected chi connectivity index (χ3v) is 5.16. The first kappa shape index (κ1) is 19.3. The Balaban J connectivity index is 1.36. The highest BCUT2D eigenvalue weighted by atomic mass is 16.5. The highest BCUT2D eigenvalue weighted by Gasteiger charge is 2.30. The third kappa shape index (κ3) is 4.52. The molecular formula is C21H26N4O4. The molecule has 8 heteroatoms. The number of carbonyl (C=O) groups is 2. The van der Waals surface area contributed by atoms with Gasteiger partial charge in [-0.3, -0.25) is 9.59 Å². The Hall–Kier alpha value is -3.03. The average Bonchev–Trinajstić information content (AvgIpc) is 3.48. The van der Waals surface area contributed by atoms with Crippen LogP contribution in [-0.2, 0) is 13.0 Å². The van der Waals surface area contributed by atoms with E-state index in [1.54, 1.807) is 7.11 Å². The van der Waals surface area contributed by atoms with Crippen LogP contribution in [-0.4, -0.2) is 47.7 Å². The van der Waals surface area contributed by atoms with Gasteiger partial charge in [-0.05, 0) is 56.4 Å². The summed E-state index contributed by atoms with van der Waals surface area (Å²) in [6.07, 6.45) is 4.79. The van der Waals surface area contributed by atoms with Gasteiger partial charge in [0.2, 0.25) is 0 Å². The molecule has 0 bridgehead atoms. The highest BCUT2D eigenvalue weighted by Crippen LogP contribution is 2.24. The molecule has 0 spiro atoms. The molecule has 2 heterocycles. The first-order chi connectivity index (χ1) is 14.2. The van der Waals surface area contributed by atoms with E-state index >= 15 is 0 Å². The summed E-state index contributed by atoms with van der Waals surface area (Å²) in [7, 11) is 1.61. The van der Waals surface area contributed by atoms with Crippen LogP contribution in [0.3, 0.4) is 0 Å². The minimum atomic E-state index is -0.281. The minimum absolute atomic E-state index is 0.167. The zero-order chi connectivity index (χ0) is 20.2. The van der Waals surface area contributed by atoms with E-state index in [9.17, 15) is 9.59 Å². The van der Waals surface area contributed by atoms with Crippen LogP contribution in [0.15, 0.2) is 24.3 Å². The fourth-order valence-corrected chi connectivity index (χ4v) is 3.46. The molecule has 29 heavy (non-hydrogen) atoms. The molecule has 2 aliphatic rings. The highest BCUT2D eigenvalue weighted by molar-refractivity contribution is 5.97. The van der Waals surface area contributed by atoms with E-state index in [1.807, 2.05) is 28.8 Å². The van der Waals surface area contributed by atoms with Gasteiger partial charge in [0.25, 0.3) is 11.8 Å². The topological polar surface area (TPSA) is 94.5 Å².